The lowest BCUT2D eigenvalue weighted by Gasteiger charge is -2.29. The Kier molecular flexibility index (Phi) is 6.96. The molecule has 0 aliphatic carbocycles. The molecule has 0 radical (unpaired) electrons. The van der Waals surface area contributed by atoms with Crippen molar-refractivity contribution < 1.29 is 24.5 Å². The van der Waals surface area contributed by atoms with Gasteiger partial charge < -0.3 is 20.3 Å². The summed E-state index contributed by atoms with van der Waals surface area (Å²) in [5, 5.41) is 23.1. The first-order chi connectivity index (χ1) is 11.8. The molecular formula is C20H31NO5. The third-order valence-electron chi connectivity index (χ3n) is 3.97. The minimum Gasteiger partial charge on any atom is -0.504 e. The number of hydrogen-bond donors (Lipinski definition) is 3. The number of aliphatic hydroxyl groups excluding tert-OH is 1. The van der Waals surface area contributed by atoms with Gasteiger partial charge in [-0.05, 0) is 24.7 Å². The van der Waals surface area contributed by atoms with Gasteiger partial charge in [-0.25, -0.2) is 0 Å². The van der Waals surface area contributed by atoms with E-state index >= 15 is 0 Å². The van der Waals surface area contributed by atoms with Crippen molar-refractivity contribution in [2.24, 2.45) is 10.8 Å². The summed E-state index contributed by atoms with van der Waals surface area (Å²) in [6.45, 7) is 10.6. The summed E-state index contributed by atoms with van der Waals surface area (Å²) in [6, 6.07) is 4.40. The second-order valence-electron chi connectivity index (χ2n) is 8.53. The van der Waals surface area contributed by atoms with Gasteiger partial charge in [0, 0.05) is 17.4 Å². The lowest BCUT2D eigenvalue weighted by molar-refractivity contribution is -0.145. The van der Waals surface area contributed by atoms with Crippen molar-refractivity contribution in [2.45, 2.75) is 53.8 Å². The number of ketones is 2. The van der Waals surface area contributed by atoms with Crippen LogP contribution in [0.3, 0.4) is 0 Å². The Labute approximate surface area is 155 Å². The van der Waals surface area contributed by atoms with E-state index in [2.05, 4.69) is 5.32 Å². The van der Waals surface area contributed by atoms with Gasteiger partial charge in [0.2, 0.25) is 6.10 Å². The van der Waals surface area contributed by atoms with Crippen molar-refractivity contribution in [1.29, 1.82) is 0 Å². The summed E-state index contributed by atoms with van der Waals surface area (Å²) >= 11 is 0. The predicted molar refractivity (Wildman–Crippen MR) is 100 cm³/mol. The van der Waals surface area contributed by atoms with Crippen LogP contribution in [0.5, 0.6) is 11.5 Å². The Morgan fingerprint density at radius 1 is 1.08 bits per heavy atom. The number of Topliss-reactive ketones (excluding diaryl/α,β-unsaturated/α-hetero) is 2. The molecule has 0 heterocycles. The van der Waals surface area contributed by atoms with Crippen LogP contribution in [0.4, 0.5) is 0 Å². The molecule has 26 heavy (non-hydrogen) atoms. The van der Waals surface area contributed by atoms with Crippen LogP contribution in [-0.4, -0.2) is 41.5 Å². The zero-order chi connectivity index (χ0) is 20.3. The van der Waals surface area contributed by atoms with Crippen LogP contribution in [-0.2, 0) is 9.59 Å². The maximum atomic E-state index is 12.8. The molecule has 146 valence electrons. The van der Waals surface area contributed by atoms with Crippen LogP contribution in [0.15, 0.2) is 18.2 Å². The summed E-state index contributed by atoms with van der Waals surface area (Å²) < 4.78 is 5.71. The van der Waals surface area contributed by atoms with E-state index in [1.165, 1.54) is 12.1 Å². The fourth-order valence-electron chi connectivity index (χ4n) is 2.28. The minimum absolute atomic E-state index is 0.00199. The molecule has 6 heteroatoms. The van der Waals surface area contributed by atoms with Crippen molar-refractivity contribution in [3.63, 3.8) is 0 Å². The number of aromatic hydroxyl groups is 1. The molecule has 0 saturated carbocycles. The van der Waals surface area contributed by atoms with E-state index in [1.807, 2.05) is 0 Å². The fraction of sp³-hybridized carbons (Fsp3) is 0.600. The summed E-state index contributed by atoms with van der Waals surface area (Å²) in [7, 11) is 1.71. The Balaban J connectivity index is 3.29. The summed E-state index contributed by atoms with van der Waals surface area (Å²) in [4.78, 5) is 25.6. The molecule has 0 aliphatic rings. The Hall–Kier alpha value is -1.92. The lowest BCUT2D eigenvalue weighted by atomic mass is 9.79. The van der Waals surface area contributed by atoms with E-state index in [0.29, 0.717) is 12.1 Å². The van der Waals surface area contributed by atoms with Crippen molar-refractivity contribution in [3.05, 3.63) is 23.8 Å². The van der Waals surface area contributed by atoms with Gasteiger partial charge in [0.1, 0.15) is 0 Å². The molecule has 0 bridgehead atoms. The standard InChI is InChI=1S/C20H31NO5/c1-19(2,3)17(24)16(18(25)20(4,5)6)26-15-10-12(8-9-13(15)22)14(23)11-21-7/h8-10,14,16,21-23H,11H2,1-7H3. The average molecular weight is 365 g/mol. The van der Waals surface area contributed by atoms with Crippen LogP contribution in [0.25, 0.3) is 0 Å². The van der Waals surface area contributed by atoms with Crippen molar-refractivity contribution in [1.82, 2.24) is 5.32 Å². The Bertz CT molecular complexity index is 629. The molecule has 1 rings (SSSR count). The number of nitrogens with one attached hydrogen (secondary N) is 1. The zero-order valence-electron chi connectivity index (χ0n) is 16.7. The molecule has 1 aromatic carbocycles. The van der Waals surface area contributed by atoms with Gasteiger partial charge in [0.05, 0.1) is 6.10 Å². The number of carbonyl (C=O) groups excluding carboxylic acids is 2. The first-order valence-corrected chi connectivity index (χ1v) is 8.70. The Morgan fingerprint density at radius 2 is 1.58 bits per heavy atom. The average Bonchev–Trinajstić information content (AvgIpc) is 2.51. The summed E-state index contributed by atoms with van der Waals surface area (Å²) in [5.41, 5.74) is -1.06. The lowest BCUT2D eigenvalue weighted by Crippen LogP contribution is -2.47. The normalized spacial score (nSPS) is 13.6. The quantitative estimate of drug-likeness (QED) is 0.643. The van der Waals surface area contributed by atoms with Crippen LogP contribution in [0.2, 0.25) is 0 Å². The van der Waals surface area contributed by atoms with Gasteiger partial charge >= 0.3 is 0 Å². The SMILES string of the molecule is CNCC(O)c1ccc(O)c(OC(C(=O)C(C)(C)C)C(=O)C(C)(C)C)c1. The monoisotopic (exact) mass is 365 g/mol. The number of hydrogen-bond acceptors (Lipinski definition) is 6. The minimum atomic E-state index is -1.34. The number of likely N-dealkylation sites (N-methyl/N-ethyl adjacent to an activating group) is 1. The van der Waals surface area contributed by atoms with Crippen LogP contribution >= 0.6 is 0 Å². The topological polar surface area (TPSA) is 95.9 Å². The molecule has 0 amide bonds. The molecule has 1 aromatic rings. The highest BCUT2D eigenvalue weighted by Gasteiger charge is 2.41. The van der Waals surface area contributed by atoms with Gasteiger partial charge in [-0.1, -0.05) is 47.6 Å². The van der Waals surface area contributed by atoms with E-state index < -0.39 is 23.0 Å². The molecule has 6 nitrogen and oxygen atoms in total. The van der Waals surface area contributed by atoms with E-state index in [9.17, 15) is 19.8 Å². The highest BCUT2D eigenvalue weighted by atomic mass is 16.5. The van der Waals surface area contributed by atoms with E-state index in [-0.39, 0.29) is 23.1 Å². The summed E-state index contributed by atoms with van der Waals surface area (Å²) in [6.07, 6.45) is -2.14. The number of rotatable bonds is 7. The molecule has 0 aromatic heterocycles. The number of phenols is 1. The van der Waals surface area contributed by atoms with Gasteiger partial charge in [0.25, 0.3) is 0 Å². The van der Waals surface area contributed by atoms with Crippen molar-refractivity contribution >= 4 is 11.6 Å². The van der Waals surface area contributed by atoms with Crippen LogP contribution < -0.4 is 10.1 Å². The van der Waals surface area contributed by atoms with E-state index in [1.54, 1.807) is 54.7 Å². The smallest absolute Gasteiger partial charge is 0.215 e. The molecule has 0 fully saturated rings. The first-order valence-electron chi connectivity index (χ1n) is 8.70. The third-order valence-corrected chi connectivity index (χ3v) is 3.97. The van der Waals surface area contributed by atoms with Crippen molar-refractivity contribution in [2.75, 3.05) is 13.6 Å². The maximum Gasteiger partial charge on any atom is 0.215 e. The Morgan fingerprint density at radius 3 is 2.00 bits per heavy atom. The number of phenolic OH excluding ortho intramolecular Hbond substituents is 1. The largest absolute Gasteiger partial charge is 0.504 e. The third kappa shape index (κ3) is 5.54. The highest BCUT2D eigenvalue weighted by molar-refractivity contribution is 6.09. The number of benzene rings is 1. The second-order valence-corrected chi connectivity index (χ2v) is 8.53. The first kappa shape index (κ1) is 22.1. The van der Waals surface area contributed by atoms with Crippen LogP contribution in [0.1, 0.15) is 53.2 Å². The molecule has 0 spiro atoms. The highest BCUT2D eigenvalue weighted by Crippen LogP contribution is 2.33. The molecule has 3 N–H and O–H groups in total. The van der Waals surface area contributed by atoms with Gasteiger partial charge in [-0.2, -0.15) is 0 Å². The maximum absolute atomic E-state index is 12.8. The number of ether oxygens (including phenoxy) is 1. The van der Waals surface area contributed by atoms with Gasteiger partial charge in [-0.15, -0.1) is 0 Å². The van der Waals surface area contributed by atoms with Crippen molar-refractivity contribution in [3.8, 4) is 11.5 Å². The second kappa shape index (κ2) is 8.18. The molecule has 1 unspecified atom stereocenters. The fourth-order valence-corrected chi connectivity index (χ4v) is 2.28. The molecule has 0 aliphatic heterocycles. The molecule has 1 atom stereocenters. The van der Waals surface area contributed by atoms with E-state index in [4.69, 9.17) is 4.74 Å². The van der Waals surface area contributed by atoms with E-state index in [0.717, 1.165) is 0 Å². The molecular weight excluding hydrogens is 334 g/mol. The van der Waals surface area contributed by atoms with Gasteiger partial charge in [0.15, 0.2) is 23.1 Å². The van der Waals surface area contributed by atoms with Crippen LogP contribution in [0, 0.1) is 10.8 Å². The summed E-state index contributed by atoms with van der Waals surface area (Å²) in [5.74, 6) is -0.923. The number of aliphatic hydroxyl groups is 1. The number of carbonyl (C=O) groups is 2. The van der Waals surface area contributed by atoms with Gasteiger partial charge in [-0.3, -0.25) is 9.59 Å². The molecule has 0 saturated heterocycles. The predicted octanol–water partition coefficient (Wildman–Crippen LogP) is 2.62. The zero-order valence-corrected chi connectivity index (χ0v) is 16.7.